The topological polar surface area (TPSA) is 13.1 Å². The molecule has 0 aliphatic heterocycles. The first-order valence-electron chi connectivity index (χ1n) is 3.94. The Morgan fingerprint density at radius 1 is 1.40 bits per heavy atom. The first kappa shape index (κ1) is 7.39. The zero-order valence-electron chi connectivity index (χ0n) is 6.47. The Labute approximate surface area is 62.1 Å². The van der Waals surface area contributed by atoms with Crippen LogP contribution in [0.3, 0.4) is 0 Å². The Hall–Kier alpha value is -0.720. The molecule has 1 aromatic rings. The molecule has 0 radical (unpaired) electrons. The largest absolute Gasteiger partial charge is 0.472 e. The van der Waals surface area contributed by atoms with Crippen molar-refractivity contribution in [2.24, 2.45) is 0 Å². The Balaban J connectivity index is 2.15. The zero-order valence-corrected chi connectivity index (χ0v) is 6.47. The summed E-state index contributed by atoms with van der Waals surface area (Å²) >= 11 is 0. The highest BCUT2D eigenvalue weighted by Crippen LogP contribution is 2.06. The van der Waals surface area contributed by atoms with Crippen LogP contribution in [0.15, 0.2) is 23.0 Å². The van der Waals surface area contributed by atoms with E-state index in [0.29, 0.717) is 0 Å². The van der Waals surface area contributed by atoms with Crippen LogP contribution in [0.1, 0.15) is 31.7 Å². The monoisotopic (exact) mass is 138 g/mol. The van der Waals surface area contributed by atoms with Gasteiger partial charge < -0.3 is 4.42 Å². The van der Waals surface area contributed by atoms with E-state index in [1.54, 1.807) is 6.26 Å². The third kappa shape index (κ3) is 2.26. The molecule has 0 fully saturated rings. The fraction of sp³-hybridized carbons (Fsp3) is 0.556. The molecule has 0 bridgehead atoms. The van der Waals surface area contributed by atoms with Crippen LogP contribution >= 0.6 is 0 Å². The summed E-state index contributed by atoms with van der Waals surface area (Å²) in [6.07, 6.45) is 8.64. The molecular formula is C9H14O. The first-order valence-corrected chi connectivity index (χ1v) is 3.94. The van der Waals surface area contributed by atoms with Crippen molar-refractivity contribution in [3.63, 3.8) is 0 Å². The van der Waals surface area contributed by atoms with Crippen LogP contribution in [-0.2, 0) is 6.42 Å². The quantitative estimate of drug-likeness (QED) is 0.583. The van der Waals surface area contributed by atoms with Crippen LogP contribution in [0.25, 0.3) is 0 Å². The molecule has 0 amide bonds. The Bertz CT molecular complexity index is 153. The number of hydrogen-bond donors (Lipinski definition) is 0. The molecule has 10 heavy (non-hydrogen) atoms. The van der Waals surface area contributed by atoms with Crippen LogP contribution in [0.4, 0.5) is 0 Å². The molecule has 1 heterocycles. The van der Waals surface area contributed by atoms with E-state index < -0.39 is 0 Å². The van der Waals surface area contributed by atoms with E-state index in [0.717, 1.165) is 0 Å². The second-order valence-corrected chi connectivity index (χ2v) is 2.59. The maximum atomic E-state index is 4.95. The molecule has 0 saturated carbocycles. The van der Waals surface area contributed by atoms with Gasteiger partial charge in [-0.05, 0) is 24.5 Å². The molecule has 0 spiro atoms. The van der Waals surface area contributed by atoms with Crippen LogP contribution in [0.2, 0.25) is 0 Å². The SMILES string of the molecule is CCCCCc1ccoc1. The first-order chi connectivity index (χ1) is 4.93. The Morgan fingerprint density at radius 3 is 2.90 bits per heavy atom. The molecular weight excluding hydrogens is 124 g/mol. The Morgan fingerprint density at radius 2 is 2.30 bits per heavy atom. The highest BCUT2D eigenvalue weighted by atomic mass is 16.3. The van der Waals surface area contributed by atoms with Gasteiger partial charge in [0.25, 0.3) is 0 Å². The van der Waals surface area contributed by atoms with Crippen molar-refractivity contribution in [3.8, 4) is 0 Å². The van der Waals surface area contributed by atoms with Crippen molar-refractivity contribution in [1.29, 1.82) is 0 Å². The number of furan rings is 1. The molecule has 0 unspecified atom stereocenters. The van der Waals surface area contributed by atoms with Crippen LogP contribution < -0.4 is 0 Å². The van der Waals surface area contributed by atoms with Crippen molar-refractivity contribution in [2.75, 3.05) is 0 Å². The van der Waals surface area contributed by atoms with Gasteiger partial charge in [-0.15, -0.1) is 0 Å². The van der Waals surface area contributed by atoms with E-state index in [9.17, 15) is 0 Å². The lowest BCUT2D eigenvalue weighted by molar-refractivity contribution is 0.562. The normalized spacial score (nSPS) is 10.1. The molecule has 1 rings (SSSR count). The summed E-state index contributed by atoms with van der Waals surface area (Å²) in [7, 11) is 0. The second-order valence-electron chi connectivity index (χ2n) is 2.59. The van der Waals surface area contributed by atoms with Crippen LogP contribution in [0.5, 0.6) is 0 Å². The van der Waals surface area contributed by atoms with E-state index in [1.165, 1.54) is 31.2 Å². The average Bonchev–Trinajstić information content (AvgIpc) is 2.41. The Kier molecular flexibility index (Phi) is 3.07. The molecule has 0 aromatic carbocycles. The van der Waals surface area contributed by atoms with Crippen molar-refractivity contribution < 1.29 is 4.42 Å². The molecule has 1 aromatic heterocycles. The van der Waals surface area contributed by atoms with E-state index >= 15 is 0 Å². The van der Waals surface area contributed by atoms with Gasteiger partial charge in [-0.2, -0.15) is 0 Å². The van der Waals surface area contributed by atoms with E-state index in [1.807, 2.05) is 12.3 Å². The molecule has 0 N–H and O–H groups in total. The standard InChI is InChI=1S/C9H14O/c1-2-3-4-5-9-6-7-10-8-9/h6-8H,2-5H2,1H3. The fourth-order valence-corrected chi connectivity index (χ4v) is 1.01. The van der Waals surface area contributed by atoms with Crippen molar-refractivity contribution in [1.82, 2.24) is 0 Å². The molecule has 0 atom stereocenters. The predicted molar refractivity (Wildman–Crippen MR) is 41.9 cm³/mol. The lowest BCUT2D eigenvalue weighted by Crippen LogP contribution is -1.80. The summed E-state index contributed by atoms with van der Waals surface area (Å²) < 4.78 is 4.95. The highest BCUT2D eigenvalue weighted by molar-refractivity contribution is 5.04. The van der Waals surface area contributed by atoms with Crippen molar-refractivity contribution in [3.05, 3.63) is 24.2 Å². The van der Waals surface area contributed by atoms with Gasteiger partial charge in [-0.1, -0.05) is 19.8 Å². The summed E-state index contributed by atoms with van der Waals surface area (Å²) in [5.41, 5.74) is 1.33. The molecule has 56 valence electrons. The summed E-state index contributed by atoms with van der Waals surface area (Å²) in [6.45, 7) is 2.22. The maximum absolute atomic E-state index is 4.95. The highest BCUT2D eigenvalue weighted by Gasteiger charge is 1.91. The summed E-state index contributed by atoms with van der Waals surface area (Å²) in [5.74, 6) is 0. The lowest BCUT2D eigenvalue weighted by Gasteiger charge is -1.92. The van der Waals surface area contributed by atoms with E-state index in [4.69, 9.17) is 4.42 Å². The smallest absolute Gasteiger partial charge is 0.0934 e. The molecule has 1 heteroatoms. The number of hydrogen-bond acceptors (Lipinski definition) is 1. The van der Waals surface area contributed by atoms with E-state index in [2.05, 4.69) is 6.92 Å². The fourth-order valence-electron chi connectivity index (χ4n) is 1.01. The minimum absolute atomic E-state index is 1.17. The van der Waals surface area contributed by atoms with Crippen molar-refractivity contribution in [2.45, 2.75) is 32.6 Å². The molecule has 0 aliphatic carbocycles. The van der Waals surface area contributed by atoms with Gasteiger partial charge in [-0.3, -0.25) is 0 Å². The van der Waals surface area contributed by atoms with E-state index in [-0.39, 0.29) is 0 Å². The average molecular weight is 138 g/mol. The lowest BCUT2D eigenvalue weighted by atomic mass is 10.1. The zero-order chi connectivity index (χ0) is 7.23. The minimum Gasteiger partial charge on any atom is -0.472 e. The third-order valence-electron chi connectivity index (χ3n) is 1.65. The van der Waals surface area contributed by atoms with Gasteiger partial charge in [-0.25, -0.2) is 0 Å². The number of unbranched alkanes of at least 4 members (excludes halogenated alkanes) is 2. The number of rotatable bonds is 4. The molecule has 1 nitrogen and oxygen atoms in total. The van der Waals surface area contributed by atoms with Gasteiger partial charge >= 0.3 is 0 Å². The third-order valence-corrected chi connectivity index (χ3v) is 1.65. The second kappa shape index (κ2) is 4.15. The predicted octanol–water partition coefficient (Wildman–Crippen LogP) is 3.01. The van der Waals surface area contributed by atoms with Crippen LogP contribution in [-0.4, -0.2) is 0 Å². The number of aryl methyl sites for hydroxylation is 1. The van der Waals surface area contributed by atoms with Gasteiger partial charge in [0.2, 0.25) is 0 Å². The minimum atomic E-state index is 1.17. The van der Waals surface area contributed by atoms with Gasteiger partial charge in [0.05, 0.1) is 12.5 Å². The van der Waals surface area contributed by atoms with Gasteiger partial charge in [0, 0.05) is 0 Å². The molecule has 0 saturated heterocycles. The maximum Gasteiger partial charge on any atom is 0.0934 e. The summed E-state index contributed by atoms with van der Waals surface area (Å²) in [5, 5.41) is 0. The van der Waals surface area contributed by atoms with Crippen LogP contribution in [0, 0.1) is 0 Å². The summed E-state index contributed by atoms with van der Waals surface area (Å²) in [4.78, 5) is 0. The van der Waals surface area contributed by atoms with Crippen molar-refractivity contribution >= 4 is 0 Å². The van der Waals surface area contributed by atoms with Gasteiger partial charge in [0.15, 0.2) is 0 Å². The molecule has 0 aliphatic rings. The summed E-state index contributed by atoms with van der Waals surface area (Å²) in [6, 6.07) is 2.04. The van der Waals surface area contributed by atoms with Gasteiger partial charge in [0.1, 0.15) is 0 Å².